The monoisotopic (exact) mass is 240 g/mol. The lowest BCUT2D eigenvalue weighted by Gasteiger charge is -2.27. The molecule has 0 saturated heterocycles. The van der Waals surface area contributed by atoms with Gasteiger partial charge in [-0.2, -0.15) is 0 Å². The number of hydrogen-bond donors (Lipinski definition) is 0. The van der Waals surface area contributed by atoms with E-state index in [1.807, 2.05) is 0 Å². The first-order valence-corrected chi connectivity index (χ1v) is 6.37. The lowest BCUT2D eigenvalue weighted by atomic mass is 9.86. The van der Waals surface area contributed by atoms with E-state index in [-0.39, 0.29) is 5.41 Å². The second-order valence-corrected chi connectivity index (χ2v) is 4.87. The Morgan fingerprint density at radius 2 is 1.79 bits per heavy atom. The van der Waals surface area contributed by atoms with E-state index in [1.165, 1.54) is 0 Å². The molecule has 14 heavy (non-hydrogen) atoms. The Bertz CT molecular complexity index is 125. The molecular formula is C11H22Cl2O. The first-order valence-electron chi connectivity index (χ1n) is 5.30. The number of alkyl halides is 2. The molecule has 0 heterocycles. The van der Waals surface area contributed by atoms with E-state index in [9.17, 15) is 0 Å². The van der Waals surface area contributed by atoms with Gasteiger partial charge in [0, 0.05) is 25.0 Å². The first-order chi connectivity index (χ1) is 6.60. The average Bonchev–Trinajstić information content (AvgIpc) is 2.19. The fourth-order valence-corrected chi connectivity index (χ4v) is 2.07. The maximum atomic E-state index is 5.93. The van der Waals surface area contributed by atoms with Crippen LogP contribution in [-0.2, 0) is 4.74 Å². The fraction of sp³-hybridized carbons (Fsp3) is 1.00. The van der Waals surface area contributed by atoms with Crippen LogP contribution in [0.15, 0.2) is 0 Å². The Morgan fingerprint density at radius 3 is 2.14 bits per heavy atom. The minimum Gasteiger partial charge on any atom is -0.381 e. The van der Waals surface area contributed by atoms with Gasteiger partial charge in [-0.25, -0.2) is 0 Å². The minimum absolute atomic E-state index is 0.0695. The third kappa shape index (κ3) is 5.43. The van der Waals surface area contributed by atoms with Gasteiger partial charge < -0.3 is 4.74 Å². The predicted molar refractivity (Wildman–Crippen MR) is 64.4 cm³/mol. The van der Waals surface area contributed by atoms with E-state index in [2.05, 4.69) is 20.8 Å². The van der Waals surface area contributed by atoms with Crippen molar-refractivity contribution >= 4 is 23.2 Å². The summed E-state index contributed by atoms with van der Waals surface area (Å²) in [6.45, 7) is 8.02. The molecule has 0 N–H and O–H groups in total. The van der Waals surface area contributed by atoms with Gasteiger partial charge in [0.25, 0.3) is 0 Å². The number of halogens is 2. The van der Waals surface area contributed by atoms with Crippen LogP contribution in [0.3, 0.4) is 0 Å². The molecule has 0 aliphatic rings. The van der Waals surface area contributed by atoms with Gasteiger partial charge in [-0.15, -0.1) is 23.2 Å². The lowest BCUT2D eigenvalue weighted by molar-refractivity contribution is 0.0852. The van der Waals surface area contributed by atoms with Crippen molar-refractivity contribution in [2.45, 2.75) is 33.6 Å². The molecular weight excluding hydrogens is 219 g/mol. The predicted octanol–water partition coefficient (Wildman–Crippen LogP) is 3.92. The van der Waals surface area contributed by atoms with Crippen LogP contribution >= 0.6 is 23.2 Å². The smallest absolute Gasteiger partial charge is 0.0488 e. The van der Waals surface area contributed by atoms with Crippen LogP contribution in [-0.4, -0.2) is 25.0 Å². The molecule has 0 aromatic carbocycles. The van der Waals surface area contributed by atoms with Gasteiger partial charge in [-0.05, 0) is 24.2 Å². The van der Waals surface area contributed by atoms with Crippen LogP contribution in [0.2, 0.25) is 0 Å². The summed E-state index contributed by atoms with van der Waals surface area (Å²) < 4.78 is 5.54. The summed E-state index contributed by atoms with van der Waals surface area (Å²) in [5.74, 6) is 1.84. The van der Waals surface area contributed by atoms with Gasteiger partial charge in [0.2, 0.25) is 0 Å². The molecule has 0 aromatic heterocycles. The van der Waals surface area contributed by atoms with Crippen molar-refractivity contribution in [1.29, 1.82) is 0 Å². The zero-order valence-corrected chi connectivity index (χ0v) is 11.0. The average molecular weight is 241 g/mol. The van der Waals surface area contributed by atoms with Crippen LogP contribution in [0.5, 0.6) is 0 Å². The van der Waals surface area contributed by atoms with Crippen molar-refractivity contribution in [2.75, 3.05) is 25.0 Å². The number of ether oxygens (including phenoxy) is 1. The maximum Gasteiger partial charge on any atom is 0.0488 e. The molecule has 0 atom stereocenters. The van der Waals surface area contributed by atoms with Gasteiger partial charge in [-0.3, -0.25) is 0 Å². The Kier molecular flexibility index (Phi) is 8.08. The SMILES string of the molecule is CCC(CCl)(CCl)CCOCC(C)C. The first kappa shape index (κ1) is 14.5. The highest BCUT2D eigenvalue weighted by molar-refractivity contribution is 6.21. The Labute approximate surface area is 98.1 Å². The zero-order chi connectivity index (χ0) is 11.0. The van der Waals surface area contributed by atoms with Crippen LogP contribution < -0.4 is 0 Å². The van der Waals surface area contributed by atoms with E-state index in [1.54, 1.807) is 0 Å². The third-order valence-electron chi connectivity index (χ3n) is 2.54. The molecule has 0 rings (SSSR count). The molecule has 0 aromatic rings. The number of rotatable bonds is 8. The summed E-state index contributed by atoms with van der Waals surface area (Å²) in [4.78, 5) is 0. The molecule has 0 bridgehead atoms. The van der Waals surface area contributed by atoms with Gasteiger partial charge in [0.15, 0.2) is 0 Å². The van der Waals surface area contributed by atoms with Crippen molar-refractivity contribution in [3.05, 3.63) is 0 Å². The Hall–Kier alpha value is 0.540. The van der Waals surface area contributed by atoms with E-state index >= 15 is 0 Å². The fourth-order valence-electron chi connectivity index (χ4n) is 1.14. The van der Waals surface area contributed by atoms with Crippen LogP contribution in [0.1, 0.15) is 33.6 Å². The molecule has 0 fully saturated rings. The highest BCUT2D eigenvalue weighted by Gasteiger charge is 2.25. The van der Waals surface area contributed by atoms with E-state index in [0.717, 1.165) is 26.1 Å². The largest absolute Gasteiger partial charge is 0.381 e. The van der Waals surface area contributed by atoms with Crippen molar-refractivity contribution in [3.63, 3.8) is 0 Å². The van der Waals surface area contributed by atoms with E-state index < -0.39 is 0 Å². The molecule has 0 aliphatic carbocycles. The quantitative estimate of drug-likeness (QED) is 0.462. The summed E-state index contributed by atoms with van der Waals surface area (Å²) in [7, 11) is 0. The topological polar surface area (TPSA) is 9.23 Å². The van der Waals surface area contributed by atoms with Crippen LogP contribution in [0.4, 0.5) is 0 Å². The van der Waals surface area contributed by atoms with Crippen LogP contribution in [0, 0.1) is 11.3 Å². The second kappa shape index (κ2) is 7.78. The molecule has 0 unspecified atom stereocenters. The van der Waals surface area contributed by atoms with Gasteiger partial charge in [0.1, 0.15) is 0 Å². The van der Waals surface area contributed by atoms with E-state index in [0.29, 0.717) is 17.7 Å². The zero-order valence-electron chi connectivity index (χ0n) is 9.48. The highest BCUT2D eigenvalue weighted by Crippen LogP contribution is 2.29. The Morgan fingerprint density at radius 1 is 1.21 bits per heavy atom. The minimum atomic E-state index is 0.0695. The molecule has 3 heteroatoms. The lowest BCUT2D eigenvalue weighted by Crippen LogP contribution is -2.26. The standard InChI is InChI=1S/C11H22Cl2O/c1-4-11(8-12,9-13)5-6-14-7-10(2)3/h10H,4-9H2,1-3H3. The third-order valence-corrected chi connectivity index (χ3v) is 3.68. The van der Waals surface area contributed by atoms with Crippen molar-refractivity contribution in [1.82, 2.24) is 0 Å². The maximum absolute atomic E-state index is 5.93. The molecule has 0 radical (unpaired) electrons. The molecule has 0 amide bonds. The molecule has 0 spiro atoms. The van der Waals surface area contributed by atoms with Gasteiger partial charge >= 0.3 is 0 Å². The second-order valence-electron chi connectivity index (χ2n) is 4.34. The highest BCUT2D eigenvalue weighted by atomic mass is 35.5. The molecule has 1 nitrogen and oxygen atoms in total. The summed E-state index contributed by atoms with van der Waals surface area (Å²) in [5.41, 5.74) is 0.0695. The van der Waals surface area contributed by atoms with Crippen LogP contribution in [0.25, 0.3) is 0 Å². The normalized spacial score (nSPS) is 12.4. The number of hydrogen-bond acceptors (Lipinski definition) is 1. The molecule has 0 saturated carbocycles. The summed E-state index contributed by atoms with van der Waals surface area (Å²) >= 11 is 11.9. The summed E-state index contributed by atoms with van der Waals surface area (Å²) in [6, 6.07) is 0. The summed E-state index contributed by atoms with van der Waals surface area (Å²) in [5, 5.41) is 0. The Balaban J connectivity index is 3.71. The van der Waals surface area contributed by atoms with E-state index in [4.69, 9.17) is 27.9 Å². The van der Waals surface area contributed by atoms with Crippen molar-refractivity contribution in [2.24, 2.45) is 11.3 Å². The van der Waals surface area contributed by atoms with Crippen molar-refractivity contribution in [3.8, 4) is 0 Å². The van der Waals surface area contributed by atoms with Gasteiger partial charge in [0.05, 0.1) is 0 Å². The van der Waals surface area contributed by atoms with Gasteiger partial charge in [-0.1, -0.05) is 20.8 Å². The summed E-state index contributed by atoms with van der Waals surface area (Å²) in [6.07, 6.45) is 1.98. The van der Waals surface area contributed by atoms with Crippen molar-refractivity contribution < 1.29 is 4.74 Å². The molecule has 0 aliphatic heterocycles. The molecule has 86 valence electrons.